The van der Waals surface area contributed by atoms with Gasteiger partial charge in [0.05, 0.1) is 0 Å². The number of aliphatic carboxylic acids is 1. The fraction of sp³-hybridized carbons (Fsp3) is 0.538. The number of nitrogens with one attached hydrogen (secondary N) is 1. The number of hydrogen-bond acceptors (Lipinski definition) is 3. The zero-order valence-electron chi connectivity index (χ0n) is 11.0. The van der Waals surface area contributed by atoms with E-state index in [4.69, 9.17) is 5.11 Å². The number of hydrogen-bond donors (Lipinski definition) is 2. The van der Waals surface area contributed by atoms with Gasteiger partial charge in [-0.25, -0.2) is 0 Å². The van der Waals surface area contributed by atoms with E-state index in [1.54, 1.807) is 0 Å². The van der Waals surface area contributed by atoms with E-state index in [0.717, 1.165) is 10.9 Å². The molecule has 0 radical (unpaired) electrons. The van der Waals surface area contributed by atoms with Gasteiger partial charge in [-0.15, -0.1) is 11.3 Å². The van der Waals surface area contributed by atoms with E-state index in [0.29, 0.717) is 17.8 Å². The van der Waals surface area contributed by atoms with Crippen LogP contribution in [-0.2, 0) is 4.79 Å². The third kappa shape index (κ3) is 5.74. The molecule has 2 N–H and O–H groups in total. The lowest BCUT2D eigenvalue weighted by Gasteiger charge is -2.23. The lowest BCUT2D eigenvalue weighted by atomic mass is 9.84. The van der Waals surface area contributed by atoms with Crippen LogP contribution in [0.5, 0.6) is 0 Å². The highest BCUT2D eigenvalue weighted by molar-refractivity contribution is 9.10. The van der Waals surface area contributed by atoms with Crippen LogP contribution in [0.1, 0.15) is 42.8 Å². The molecule has 0 spiro atoms. The summed E-state index contributed by atoms with van der Waals surface area (Å²) in [5.74, 6) is -0.865. The van der Waals surface area contributed by atoms with Crippen LogP contribution in [0.15, 0.2) is 15.9 Å². The normalized spacial score (nSPS) is 11.3. The lowest BCUT2D eigenvalue weighted by Crippen LogP contribution is -2.28. The molecular weight excluding hydrogens is 330 g/mol. The molecule has 0 bridgehead atoms. The first-order chi connectivity index (χ1) is 8.82. The second-order valence-corrected chi connectivity index (χ2v) is 6.93. The van der Waals surface area contributed by atoms with Crippen LogP contribution in [0.3, 0.4) is 0 Å². The summed E-state index contributed by atoms with van der Waals surface area (Å²) in [6.45, 7) is 4.59. The Morgan fingerprint density at radius 1 is 1.42 bits per heavy atom. The highest BCUT2D eigenvalue weighted by Crippen LogP contribution is 2.26. The van der Waals surface area contributed by atoms with Crippen LogP contribution < -0.4 is 5.32 Å². The van der Waals surface area contributed by atoms with Crippen molar-refractivity contribution in [2.75, 3.05) is 6.54 Å². The molecule has 0 fully saturated rings. The van der Waals surface area contributed by atoms with Crippen molar-refractivity contribution in [1.82, 2.24) is 5.32 Å². The van der Waals surface area contributed by atoms with Gasteiger partial charge in [-0.3, -0.25) is 9.59 Å². The maximum Gasteiger partial charge on any atom is 0.303 e. The Morgan fingerprint density at radius 3 is 2.63 bits per heavy atom. The minimum Gasteiger partial charge on any atom is -0.481 e. The van der Waals surface area contributed by atoms with Crippen molar-refractivity contribution in [3.63, 3.8) is 0 Å². The molecule has 4 nitrogen and oxygen atoms in total. The Hall–Kier alpha value is -0.880. The lowest BCUT2D eigenvalue weighted by molar-refractivity contribution is -0.137. The highest BCUT2D eigenvalue weighted by Gasteiger charge is 2.19. The van der Waals surface area contributed by atoms with Crippen molar-refractivity contribution in [3.05, 3.63) is 20.8 Å². The molecule has 0 saturated heterocycles. The molecule has 0 aliphatic rings. The van der Waals surface area contributed by atoms with E-state index in [2.05, 4.69) is 21.2 Å². The number of amides is 1. The van der Waals surface area contributed by atoms with Gasteiger partial charge in [0.1, 0.15) is 4.88 Å². The second-order valence-electron chi connectivity index (χ2n) is 5.16. The first-order valence-electron chi connectivity index (χ1n) is 6.05. The van der Waals surface area contributed by atoms with Crippen LogP contribution in [0, 0.1) is 5.41 Å². The predicted octanol–water partition coefficient (Wildman–Crippen LogP) is 3.52. The van der Waals surface area contributed by atoms with Crippen molar-refractivity contribution >= 4 is 39.1 Å². The predicted molar refractivity (Wildman–Crippen MR) is 79.6 cm³/mol. The zero-order valence-corrected chi connectivity index (χ0v) is 13.4. The highest BCUT2D eigenvalue weighted by atomic mass is 79.9. The van der Waals surface area contributed by atoms with Crippen LogP contribution in [0.25, 0.3) is 0 Å². The summed E-state index contributed by atoms with van der Waals surface area (Å²) >= 11 is 4.72. The third-order valence-corrected chi connectivity index (χ3v) is 4.76. The molecule has 0 atom stereocenters. The van der Waals surface area contributed by atoms with Gasteiger partial charge in [-0.1, -0.05) is 13.8 Å². The smallest absolute Gasteiger partial charge is 0.303 e. The molecule has 0 aliphatic carbocycles. The molecule has 1 aromatic heterocycles. The van der Waals surface area contributed by atoms with Gasteiger partial charge < -0.3 is 10.4 Å². The SMILES string of the molecule is CC(C)(CCNC(=O)c1sccc1Br)CCC(=O)O. The van der Waals surface area contributed by atoms with Crippen molar-refractivity contribution in [2.45, 2.75) is 33.1 Å². The third-order valence-electron chi connectivity index (χ3n) is 2.93. The first-order valence-corrected chi connectivity index (χ1v) is 7.72. The summed E-state index contributed by atoms with van der Waals surface area (Å²) in [6, 6.07) is 1.84. The molecule has 6 heteroatoms. The second kappa shape index (κ2) is 7.05. The standard InChI is InChI=1S/C13H18BrNO3S/c1-13(2,5-3-10(16)17)6-7-15-12(18)11-9(14)4-8-19-11/h4,8H,3,5-7H2,1-2H3,(H,15,18)(H,16,17). The van der Waals surface area contributed by atoms with Crippen LogP contribution >= 0.6 is 27.3 Å². The fourth-order valence-electron chi connectivity index (χ4n) is 1.62. The van der Waals surface area contributed by atoms with Gasteiger partial charge in [0.15, 0.2) is 0 Å². The zero-order chi connectivity index (χ0) is 14.5. The minimum atomic E-state index is -0.778. The van der Waals surface area contributed by atoms with E-state index in [-0.39, 0.29) is 17.7 Å². The molecule has 0 aromatic carbocycles. The minimum absolute atomic E-state index is 0.0850. The molecule has 0 saturated carbocycles. The number of thiophene rings is 1. The fourth-order valence-corrected chi connectivity index (χ4v) is 3.09. The average Bonchev–Trinajstić information content (AvgIpc) is 2.73. The Bertz CT molecular complexity index is 456. The maximum absolute atomic E-state index is 11.9. The van der Waals surface area contributed by atoms with Crippen molar-refractivity contribution < 1.29 is 14.7 Å². The van der Waals surface area contributed by atoms with E-state index in [1.807, 2.05) is 25.3 Å². The molecule has 1 heterocycles. The summed E-state index contributed by atoms with van der Waals surface area (Å²) in [4.78, 5) is 23.1. The number of carbonyl (C=O) groups is 2. The summed E-state index contributed by atoms with van der Waals surface area (Å²) < 4.78 is 0.806. The van der Waals surface area contributed by atoms with E-state index in [1.165, 1.54) is 11.3 Å². The topological polar surface area (TPSA) is 66.4 Å². The molecule has 1 amide bonds. The molecule has 0 unspecified atom stereocenters. The summed E-state index contributed by atoms with van der Waals surface area (Å²) in [5, 5.41) is 13.4. The van der Waals surface area contributed by atoms with Gasteiger partial charge in [0, 0.05) is 17.4 Å². The summed E-state index contributed by atoms with van der Waals surface area (Å²) in [5.41, 5.74) is -0.0850. The van der Waals surface area contributed by atoms with Gasteiger partial charge >= 0.3 is 5.97 Å². The Morgan fingerprint density at radius 2 is 2.11 bits per heavy atom. The van der Waals surface area contributed by atoms with Crippen LogP contribution in [0.4, 0.5) is 0 Å². The number of carboxylic acids is 1. The van der Waals surface area contributed by atoms with Gasteiger partial charge in [0.2, 0.25) is 0 Å². The summed E-state index contributed by atoms with van der Waals surface area (Å²) in [7, 11) is 0. The van der Waals surface area contributed by atoms with Crippen molar-refractivity contribution in [1.29, 1.82) is 0 Å². The van der Waals surface area contributed by atoms with Gasteiger partial charge in [-0.05, 0) is 45.6 Å². The molecular formula is C13H18BrNO3S. The van der Waals surface area contributed by atoms with Crippen molar-refractivity contribution in [3.8, 4) is 0 Å². The van der Waals surface area contributed by atoms with E-state index >= 15 is 0 Å². The Labute approximate surface area is 125 Å². The number of rotatable bonds is 7. The largest absolute Gasteiger partial charge is 0.481 e. The number of carboxylic acid groups (broad SMARTS) is 1. The molecule has 0 aliphatic heterocycles. The Kier molecular flexibility index (Phi) is 6.00. The van der Waals surface area contributed by atoms with Crippen LogP contribution in [0.2, 0.25) is 0 Å². The van der Waals surface area contributed by atoms with E-state index < -0.39 is 5.97 Å². The van der Waals surface area contributed by atoms with Gasteiger partial charge in [0.25, 0.3) is 5.91 Å². The van der Waals surface area contributed by atoms with E-state index in [9.17, 15) is 9.59 Å². The molecule has 19 heavy (non-hydrogen) atoms. The quantitative estimate of drug-likeness (QED) is 0.792. The molecule has 1 aromatic rings. The van der Waals surface area contributed by atoms with Crippen LogP contribution in [-0.4, -0.2) is 23.5 Å². The monoisotopic (exact) mass is 347 g/mol. The average molecular weight is 348 g/mol. The number of carbonyl (C=O) groups excluding carboxylic acids is 1. The summed E-state index contributed by atoms with van der Waals surface area (Å²) in [6.07, 6.45) is 1.54. The van der Waals surface area contributed by atoms with Crippen molar-refractivity contribution in [2.24, 2.45) is 5.41 Å². The first kappa shape index (κ1) is 16.2. The number of halogens is 1. The van der Waals surface area contributed by atoms with Gasteiger partial charge in [-0.2, -0.15) is 0 Å². The molecule has 1 rings (SSSR count). The Balaban J connectivity index is 2.35. The molecule has 106 valence electrons. The maximum atomic E-state index is 11.9.